The number of hydrogen-bond acceptors (Lipinski definition) is 5. The number of tetrazole rings is 1. The summed E-state index contributed by atoms with van der Waals surface area (Å²) in [5.74, 6) is 0.368. The Bertz CT molecular complexity index is 803. The fourth-order valence-electron chi connectivity index (χ4n) is 1.99. The van der Waals surface area contributed by atoms with Gasteiger partial charge in [0, 0.05) is 10.2 Å². The number of hydrogen-bond donors (Lipinski definition) is 1. The molecule has 0 bridgehead atoms. The summed E-state index contributed by atoms with van der Waals surface area (Å²) in [6.07, 6.45) is 0.872. The van der Waals surface area contributed by atoms with Gasteiger partial charge in [-0.15, -0.1) is 5.10 Å². The molecule has 0 aliphatic carbocycles. The van der Waals surface area contributed by atoms with Crippen molar-refractivity contribution in [3.05, 3.63) is 59.3 Å². The predicted molar refractivity (Wildman–Crippen MR) is 92.0 cm³/mol. The van der Waals surface area contributed by atoms with E-state index in [0.717, 1.165) is 10.2 Å². The number of amides is 1. The van der Waals surface area contributed by atoms with E-state index >= 15 is 0 Å². The highest BCUT2D eigenvalue weighted by molar-refractivity contribution is 9.10. The van der Waals surface area contributed by atoms with Crippen molar-refractivity contribution in [1.29, 1.82) is 0 Å². The number of rotatable bonds is 5. The van der Waals surface area contributed by atoms with Gasteiger partial charge in [0.15, 0.2) is 6.10 Å². The van der Waals surface area contributed by atoms with Gasteiger partial charge in [0.2, 0.25) is 0 Å². The van der Waals surface area contributed by atoms with E-state index in [-0.39, 0.29) is 5.91 Å². The van der Waals surface area contributed by atoms with Crippen molar-refractivity contribution in [1.82, 2.24) is 20.2 Å². The largest absolute Gasteiger partial charge is 0.481 e. The summed E-state index contributed by atoms with van der Waals surface area (Å²) in [7, 11) is 0. The molecule has 1 aromatic heterocycles. The van der Waals surface area contributed by atoms with E-state index in [1.54, 1.807) is 19.1 Å². The number of halogens is 1. The highest BCUT2D eigenvalue weighted by Gasteiger charge is 2.15. The molecule has 0 aliphatic rings. The minimum Gasteiger partial charge on any atom is -0.481 e. The van der Waals surface area contributed by atoms with Crippen LogP contribution < -0.4 is 10.1 Å². The lowest BCUT2D eigenvalue weighted by Gasteiger charge is -2.15. The Morgan fingerprint density at radius 1 is 1.17 bits per heavy atom. The van der Waals surface area contributed by atoms with Crippen molar-refractivity contribution in [3.8, 4) is 11.4 Å². The molecule has 0 saturated heterocycles. The van der Waals surface area contributed by atoms with Gasteiger partial charge in [-0.3, -0.25) is 4.79 Å². The second-order valence-corrected chi connectivity index (χ2v) is 5.92. The topological polar surface area (TPSA) is 81.9 Å². The molecule has 24 heavy (non-hydrogen) atoms. The number of nitrogens with zero attached hydrogens (tertiary/aromatic N) is 4. The molecule has 0 fully saturated rings. The summed E-state index contributed by atoms with van der Waals surface area (Å²) in [5.41, 5.74) is 1.52. The van der Waals surface area contributed by atoms with Gasteiger partial charge in [0.05, 0.1) is 5.69 Å². The van der Waals surface area contributed by atoms with E-state index in [4.69, 9.17) is 4.74 Å². The average molecular weight is 388 g/mol. The molecule has 7 nitrogen and oxygen atoms in total. The number of aromatic nitrogens is 4. The maximum absolute atomic E-state index is 12.2. The van der Waals surface area contributed by atoms with Gasteiger partial charge in [0.1, 0.15) is 12.1 Å². The van der Waals surface area contributed by atoms with Crippen LogP contribution in [0.2, 0.25) is 0 Å². The molecule has 1 amide bonds. The molecule has 1 heterocycles. The first-order chi connectivity index (χ1) is 11.6. The van der Waals surface area contributed by atoms with Crippen LogP contribution in [0.4, 0.5) is 5.69 Å². The van der Waals surface area contributed by atoms with E-state index in [1.807, 2.05) is 36.4 Å². The van der Waals surface area contributed by atoms with Crippen molar-refractivity contribution in [2.75, 3.05) is 5.32 Å². The van der Waals surface area contributed by atoms with Crippen LogP contribution in [0.25, 0.3) is 5.69 Å². The standard InChI is InChI=1S/C16H14BrN5O2/c1-11(16(23)19-13-4-2-12(17)3-5-13)24-15-8-6-14(7-9-15)22-10-18-20-21-22/h2-11H,1H3,(H,19,23)/t11-/m0/s1. The molecule has 0 unspecified atom stereocenters. The average Bonchev–Trinajstić information content (AvgIpc) is 3.12. The molecular formula is C16H14BrN5O2. The number of ether oxygens (including phenoxy) is 1. The van der Waals surface area contributed by atoms with Crippen molar-refractivity contribution < 1.29 is 9.53 Å². The summed E-state index contributed by atoms with van der Waals surface area (Å²) in [4.78, 5) is 12.2. The van der Waals surface area contributed by atoms with Crippen molar-refractivity contribution >= 4 is 27.5 Å². The highest BCUT2D eigenvalue weighted by Crippen LogP contribution is 2.17. The number of carbonyl (C=O) groups is 1. The van der Waals surface area contributed by atoms with Gasteiger partial charge in [0.25, 0.3) is 5.91 Å². The third-order valence-electron chi connectivity index (χ3n) is 3.24. The van der Waals surface area contributed by atoms with Crippen molar-refractivity contribution in [3.63, 3.8) is 0 Å². The SMILES string of the molecule is C[C@H](Oc1ccc(-n2cnnn2)cc1)C(=O)Nc1ccc(Br)cc1. The van der Waals surface area contributed by atoms with Crippen LogP contribution in [-0.4, -0.2) is 32.2 Å². The van der Waals surface area contributed by atoms with E-state index in [1.165, 1.54) is 11.0 Å². The zero-order valence-corrected chi connectivity index (χ0v) is 14.3. The van der Waals surface area contributed by atoms with E-state index in [9.17, 15) is 4.79 Å². The van der Waals surface area contributed by atoms with Crippen LogP contribution >= 0.6 is 15.9 Å². The maximum Gasteiger partial charge on any atom is 0.265 e. The lowest BCUT2D eigenvalue weighted by atomic mass is 10.3. The first kappa shape index (κ1) is 16.1. The summed E-state index contributed by atoms with van der Waals surface area (Å²) in [5, 5.41) is 13.8. The second kappa shape index (κ2) is 7.22. The quantitative estimate of drug-likeness (QED) is 0.727. The third-order valence-corrected chi connectivity index (χ3v) is 3.77. The fraction of sp³-hybridized carbons (Fsp3) is 0.125. The third kappa shape index (κ3) is 3.96. The summed E-state index contributed by atoms with van der Waals surface area (Å²) in [6.45, 7) is 1.70. The van der Waals surface area contributed by atoms with Crippen molar-refractivity contribution in [2.45, 2.75) is 13.0 Å². The van der Waals surface area contributed by atoms with Crippen LogP contribution in [-0.2, 0) is 4.79 Å². The molecule has 0 spiro atoms. The van der Waals surface area contributed by atoms with Crippen LogP contribution in [0, 0.1) is 0 Å². The Morgan fingerprint density at radius 2 is 1.88 bits per heavy atom. The zero-order valence-electron chi connectivity index (χ0n) is 12.8. The van der Waals surface area contributed by atoms with E-state index in [2.05, 4.69) is 36.8 Å². The molecular weight excluding hydrogens is 374 g/mol. The molecule has 1 N–H and O–H groups in total. The minimum absolute atomic E-state index is 0.220. The maximum atomic E-state index is 12.2. The Hall–Kier alpha value is -2.74. The summed E-state index contributed by atoms with van der Waals surface area (Å²) < 4.78 is 8.15. The molecule has 1 atom stereocenters. The van der Waals surface area contributed by atoms with Gasteiger partial charge >= 0.3 is 0 Å². The summed E-state index contributed by atoms with van der Waals surface area (Å²) in [6, 6.07) is 14.5. The molecule has 3 rings (SSSR count). The van der Waals surface area contributed by atoms with E-state index in [0.29, 0.717) is 11.4 Å². The first-order valence-corrected chi connectivity index (χ1v) is 7.97. The fourth-order valence-corrected chi connectivity index (χ4v) is 2.26. The normalized spacial score (nSPS) is 11.8. The van der Waals surface area contributed by atoms with Gasteiger partial charge in [-0.25, -0.2) is 4.68 Å². The Kier molecular flexibility index (Phi) is 4.85. The predicted octanol–water partition coefficient (Wildman–Crippen LogP) is 2.83. The molecule has 0 aliphatic heterocycles. The molecule has 8 heteroatoms. The number of benzene rings is 2. The van der Waals surface area contributed by atoms with Gasteiger partial charge < -0.3 is 10.1 Å². The number of anilines is 1. The first-order valence-electron chi connectivity index (χ1n) is 7.18. The van der Waals surface area contributed by atoms with Gasteiger partial charge in [-0.05, 0) is 65.9 Å². The monoisotopic (exact) mass is 387 g/mol. The molecule has 3 aromatic rings. The van der Waals surface area contributed by atoms with Crippen LogP contribution in [0.1, 0.15) is 6.92 Å². The zero-order chi connectivity index (χ0) is 16.9. The Balaban J connectivity index is 1.60. The van der Waals surface area contributed by atoms with Crippen molar-refractivity contribution in [2.24, 2.45) is 0 Å². The molecule has 2 aromatic carbocycles. The summed E-state index contributed by atoms with van der Waals surface area (Å²) >= 11 is 3.35. The second-order valence-electron chi connectivity index (χ2n) is 5.00. The van der Waals surface area contributed by atoms with E-state index < -0.39 is 6.10 Å². The molecule has 0 radical (unpaired) electrons. The van der Waals surface area contributed by atoms with Crippen LogP contribution in [0.5, 0.6) is 5.75 Å². The lowest BCUT2D eigenvalue weighted by Crippen LogP contribution is -2.30. The molecule has 0 saturated carbocycles. The molecule has 122 valence electrons. The van der Waals surface area contributed by atoms with Gasteiger partial charge in [-0.1, -0.05) is 15.9 Å². The Labute approximate surface area is 146 Å². The highest BCUT2D eigenvalue weighted by atomic mass is 79.9. The van der Waals surface area contributed by atoms with Crippen LogP contribution in [0.15, 0.2) is 59.3 Å². The minimum atomic E-state index is -0.632. The lowest BCUT2D eigenvalue weighted by molar-refractivity contribution is -0.122. The number of carbonyl (C=O) groups excluding carboxylic acids is 1. The van der Waals surface area contributed by atoms with Gasteiger partial charge in [-0.2, -0.15) is 0 Å². The van der Waals surface area contributed by atoms with Crippen LogP contribution in [0.3, 0.4) is 0 Å². The number of nitrogens with one attached hydrogen (secondary N) is 1. The smallest absolute Gasteiger partial charge is 0.265 e. The Morgan fingerprint density at radius 3 is 2.50 bits per heavy atom.